The number of aryl methyl sites for hydroxylation is 1. The van der Waals surface area contributed by atoms with Crippen molar-refractivity contribution in [2.45, 2.75) is 32.6 Å². The average Bonchev–Trinajstić information content (AvgIpc) is 3.26. The number of nitrogens with zero attached hydrogens (tertiary/aromatic N) is 1. The fraction of sp³-hybridized carbons (Fsp3) is 0.292. The fourth-order valence-electron chi connectivity index (χ4n) is 4.52. The fourth-order valence-corrected chi connectivity index (χ4v) is 5.81. The molecule has 1 aromatic heterocycles. The van der Waals surface area contributed by atoms with E-state index in [0.717, 1.165) is 52.6 Å². The van der Waals surface area contributed by atoms with E-state index in [9.17, 15) is 14.4 Å². The van der Waals surface area contributed by atoms with Crippen LogP contribution in [0.15, 0.2) is 36.4 Å². The molecule has 2 heterocycles. The van der Waals surface area contributed by atoms with Gasteiger partial charge in [0.05, 0.1) is 17.9 Å². The molecule has 0 saturated carbocycles. The SMILES string of the molecule is CCOC(=O)c1c(NC(=O)CN2C(=O)c3cccc4cccc2c34)sc2c1CCCC2. The zero-order valence-corrected chi connectivity index (χ0v) is 18.0. The number of hydrogen-bond acceptors (Lipinski definition) is 5. The average molecular weight is 435 g/mol. The van der Waals surface area contributed by atoms with Crippen LogP contribution in [0.4, 0.5) is 10.7 Å². The second-order valence-electron chi connectivity index (χ2n) is 7.76. The summed E-state index contributed by atoms with van der Waals surface area (Å²) < 4.78 is 5.26. The van der Waals surface area contributed by atoms with Crippen LogP contribution in [0.2, 0.25) is 0 Å². The maximum atomic E-state index is 13.0. The minimum Gasteiger partial charge on any atom is -0.462 e. The first-order valence-electron chi connectivity index (χ1n) is 10.5. The molecule has 2 aliphatic rings. The van der Waals surface area contributed by atoms with Crippen LogP contribution in [0.1, 0.15) is 50.9 Å². The highest BCUT2D eigenvalue weighted by atomic mass is 32.1. The Labute approximate surface area is 183 Å². The third-order valence-corrected chi connectivity index (χ3v) is 7.06. The zero-order valence-electron chi connectivity index (χ0n) is 17.2. The van der Waals surface area contributed by atoms with Crippen molar-refractivity contribution in [3.05, 3.63) is 58.0 Å². The lowest BCUT2D eigenvalue weighted by molar-refractivity contribution is -0.114. The number of benzene rings is 2. The molecule has 0 saturated heterocycles. The van der Waals surface area contributed by atoms with Crippen LogP contribution in [0, 0.1) is 0 Å². The van der Waals surface area contributed by atoms with Crippen LogP contribution in [0.25, 0.3) is 10.8 Å². The first kappa shape index (κ1) is 19.8. The van der Waals surface area contributed by atoms with E-state index in [2.05, 4.69) is 5.32 Å². The molecular formula is C24H22N2O4S. The second-order valence-corrected chi connectivity index (χ2v) is 8.86. The summed E-state index contributed by atoms with van der Waals surface area (Å²) >= 11 is 1.45. The lowest BCUT2D eigenvalue weighted by Gasteiger charge is -2.17. The second kappa shape index (κ2) is 7.81. The molecule has 0 radical (unpaired) electrons. The van der Waals surface area contributed by atoms with E-state index < -0.39 is 5.97 Å². The van der Waals surface area contributed by atoms with Crippen LogP contribution >= 0.6 is 11.3 Å². The van der Waals surface area contributed by atoms with Gasteiger partial charge in [-0.15, -0.1) is 11.3 Å². The lowest BCUT2D eigenvalue weighted by atomic mass is 9.95. The van der Waals surface area contributed by atoms with E-state index in [1.54, 1.807) is 13.0 Å². The van der Waals surface area contributed by atoms with Crippen molar-refractivity contribution in [2.75, 3.05) is 23.4 Å². The Morgan fingerprint density at radius 3 is 2.71 bits per heavy atom. The van der Waals surface area contributed by atoms with Crippen LogP contribution in [-0.2, 0) is 22.4 Å². The van der Waals surface area contributed by atoms with Crippen molar-refractivity contribution < 1.29 is 19.1 Å². The van der Waals surface area contributed by atoms with Gasteiger partial charge in [0.15, 0.2) is 0 Å². The highest BCUT2D eigenvalue weighted by Gasteiger charge is 2.32. The summed E-state index contributed by atoms with van der Waals surface area (Å²) in [5.41, 5.74) is 2.83. The molecule has 158 valence electrons. The molecule has 3 aromatic rings. The van der Waals surface area contributed by atoms with Gasteiger partial charge in [-0.3, -0.25) is 14.5 Å². The van der Waals surface area contributed by atoms with Gasteiger partial charge >= 0.3 is 5.97 Å². The van der Waals surface area contributed by atoms with Crippen LogP contribution in [0.5, 0.6) is 0 Å². The number of hydrogen-bond donors (Lipinski definition) is 1. The quantitative estimate of drug-likeness (QED) is 0.598. The molecule has 7 heteroatoms. The van der Waals surface area contributed by atoms with E-state index in [-0.39, 0.29) is 25.0 Å². The van der Waals surface area contributed by atoms with E-state index in [0.29, 0.717) is 16.1 Å². The Kier molecular flexibility index (Phi) is 4.98. The molecule has 31 heavy (non-hydrogen) atoms. The summed E-state index contributed by atoms with van der Waals surface area (Å²) in [5.74, 6) is -0.910. The lowest BCUT2D eigenvalue weighted by Crippen LogP contribution is -2.35. The molecule has 2 amide bonds. The molecule has 0 unspecified atom stereocenters. The number of fused-ring (bicyclic) bond motifs is 1. The molecule has 0 bridgehead atoms. The molecule has 1 aliphatic heterocycles. The first-order valence-corrected chi connectivity index (χ1v) is 11.3. The summed E-state index contributed by atoms with van der Waals surface area (Å²) in [6.45, 7) is 1.94. The molecule has 5 rings (SSSR count). The largest absolute Gasteiger partial charge is 0.462 e. The standard InChI is InChI=1S/C24H22N2O4S/c1-2-30-24(29)21-15-9-3-4-12-18(15)31-22(21)25-19(27)13-26-17-11-6-8-14-7-5-10-16(20(14)17)23(26)28/h5-8,10-11H,2-4,9,12-13H2,1H3,(H,25,27). The number of rotatable bonds is 5. The van der Waals surface area contributed by atoms with Gasteiger partial charge in [-0.1, -0.05) is 24.3 Å². The topological polar surface area (TPSA) is 75.7 Å². The Morgan fingerprint density at radius 2 is 1.90 bits per heavy atom. The molecule has 1 N–H and O–H groups in total. The molecule has 6 nitrogen and oxygen atoms in total. The van der Waals surface area contributed by atoms with Crippen molar-refractivity contribution in [3.63, 3.8) is 0 Å². The van der Waals surface area contributed by atoms with Gasteiger partial charge in [0.25, 0.3) is 5.91 Å². The Balaban J connectivity index is 1.42. The minimum atomic E-state index is -0.397. The van der Waals surface area contributed by atoms with Gasteiger partial charge in [-0.2, -0.15) is 0 Å². The number of ether oxygens (including phenoxy) is 1. The number of anilines is 2. The number of amides is 2. The van der Waals surface area contributed by atoms with Gasteiger partial charge in [0, 0.05) is 15.8 Å². The number of thiophene rings is 1. The number of nitrogens with one attached hydrogen (secondary N) is 1. The third kappa shape index (κ3) is 3.29. The minimum absolute atomic E-state index is 0.114. The van der Waals surface area contributed by atoms with E-state index in [1.165, 1.54) is 16.2 Å². The molecule has 2 aromatic carbocycles. The predicted molar refractivity (Wildman–Crippen MR) is 121 cm³/mol. The summed E-state index contributed by atoms with van der Waals surface area (Å²) in [6, 6.07) is 11.3. The van der Waals surface area contributed by atoms with E-state index in [4.69, 9.17) is 4.74 Å². The van der Waals surface area contributed by atoms with Crippen LogP contribution in [0.3, 0.4) is 0 Å². The number of carbonyl (C=O) groups excluding carboxylic acids is 3. The third-order valence-electron chi connectivity index (χ3n) is 5.85. The Morgan fingerprint density at radius 1 is 1.13 bits per heavy atom. The van der Waals surface area contributed by atoms with Gasteiger partial charge in [0.2, 0.25) is 5.91 Å². The summed E-state index contributed by atoms with van der Waals surface area (Å²) in [7, 11) is 0. The first-order chi connectivity index (χ1) is 15.1. The smallest absolute Gasteiger partial charge is 0.341 e. The highest BCUT2D eigenvalue weighted by Crippen LogP contribution is 2.39. The molecular weight excluding hydrogens is 412 g/mol. The normalized spacial score (nSPS) is 14.6. The maximum Gasteiger partial charge on any atom is 0.341 e. The van der Waals surface area contributed by atoms with Crippen LogP contribution in [-0.4, -0.2) is 30.9 Å². The van der Waals surface area contributed by atoms with Crippen molar-refractivity contribution >= 4 is 50.6 Å². The monoisotopic (exact) mass is 434 g/mol. The van der Waals surface area contributed by atoms with Crippen molar-refractivity contribution in [1.82, 2.24) is 0 Å². The van der Waals surface area contributed by atoms with Gasteiger partial charge in [-0.25, -0.2) is 4.79 Å². The Bertz CT molecular complexity index is 1220. The van der Waals surface area contributed by atoms with Crippen molar-refractivity contribution in [2.24, 2.45) is 0 Å². The number of carbonyl (C=O) groups is 3. The number of esters is 1. The maximum absolute atomic E-state index is 13.0. The molecule has 0 atom stereocenters. The Hall–Kier alpha value is -3.19. The summed E-state index contributed by atoms with van der Waals surface area (Å²) in [4.78, 5) is 41.2. The summed E-state index contributed by atoms with van der Waals surface area (Å²) in [6.07, 6.45) is 3.82. The van der Waals surface area contributed by atoms with E-state index >= 15 is 0 Å². The molecule has 0 fully saturated rings. The highest BCUT2D eigenvalue weighted by molar-refractivity contribution is 7.17. The van der Waals surface area contributed by atoms with Crippen molar-refractivity contribution in [1.29, 1.82) is 0 Å². The van der Waals surface area contributed by atoms with Gasteiger partial charge in [0.1, 0.15) is 11.5 Å². The van der Waals surface area contributed by atoms with Gasteiger partial charge in [-0.05, 0) is 55.7 Å². The summed E-state index contributed by atoms with van der Waals surface area (Å²) in [5, 5.41) is 5.27. The van der Waals surface area contributed by atoms with Crippen LogP contribution < -0.4 is 10.2 Å². The van der Waals surface area contributed by atoms with Crippen molar-refractivity contribution in [3.8, 4) is 0 Å². The zero-order chi connectivity index (χ0) is 21.5. The molecule has 1 aliphatic carbocycles. The van der Waals surface area contributed by atoms with Gasteiger partial charge < -0.3 is 10.1 Å². The van der Waals surface area contributed by atoms with E-state index in [1.807, 2.05) is 30.3 Å². The predicted octanol–water partition coefficient (Wildman–Crippen LogP) is 4.56. The molecule has 0 spiro atoms.